The number of aromatic nitrogens is 3. The second-order valence-corrected chi connectivity index (χ2v) is 10.6. The first kappa shape index (κ1) is 27.7. The number of rotatable bonds is 10. The zero-order valence-corrected chi connectivity index (χ0v) is 23.7. The standard InChI is InChI=1S/C27H27ClN4O4S2/c1-5-35-26(34)23-19(18-9-7-6-8-10-18)14-37-25(23)29-22(33)15-38-27-31-30-24(32(27)4)17(3)36-21-13-16(2)11-12-20(21)28/h6-14,17H,5,15H2,1-4H3,(H,29,33). The number of thioether (sulfide) groups is 1. The molecule has 0 aliphatic heterocycles. The van der Waals surface area contributed by atoms with Gasteiger partial charge in [-0.1, -0.05) is 59.8 Å². The number of thiophene rings is 1. The zero-order chi connectivity index (χ0) is 27.2. The van der Waals surface area contributed by atoms with E-state index in [1.807, 2.05) is 68.7 Å². The third-order valence-electron chi connectivity index (χ3n) is 5.56. The van der Waals surface area contributed by atoms with Gasteiger partial charge in [0.1, 0.15) is 16.3 Å². The molecular weight excluding hydrogens is 544 g/mol. The molecule has 0 spiro atoms. The lowest BCUT2D eigenvalue weighted by molar-refractivity contribution is -0.113. The predicted octanol–water partition coefficient (Wildman–Crippen LogP) is 6.55. The summed E-state index contributed by atoms with van der Waals surface area (Å²) in [5.74, 6) is 0.490. The van der Waals surface area contributed by atoms with E-state index < -0.39 is 12.1 Å². The minimum atomic E-state index is -0.476. The van der Waals surface area contributed by atoms with Gasteiger partial charge in [0.25, 0.3) is 0 Å². The van der Waals surface area contributed by atoms with Crippen LogP contribution in [0.2, 0.25) is 5.02 Å². The molecule has 8 nitrogen and oxygen atoms in total. The number of halogens is 1. The lowest BCUT2D eigenvalue weighted by Crippen LogP contribution is -2.17. The van der Waals surface area contributed by atoms with Crippen molar-refractivity contribution in [3.63, 3.8) is 0 Å². The van der Waals surface area contributed by atoms with Crippen LogP contribution in [0.4, 0.5) is 5.00 Å². The molecule has 2 aromatic heterocycles. The molecule has 4 aromatic rings. The van der Waals surface area contributed by atoms with Crippen LogP contribution < -0.4 is 10.1 Å². The molecule has 2 aromatic carbocycles. The highest BCUT2D eigenvalue weighted by atomic mass is 35.5. The Morgan fingerprint density at radius 2 is 1.95 bits per heavy atom. The van der Waals surface area contributed by atoms with Crippen LogP contribution in [0.5, 0.6) is 5.75 Å². The summed E-state index contributed by atoms with van der Waals surface area (Å²) in [6.07, 6.45) is -0.412. The van der Waals surface area contributed by atoms with Crippen molar-refractivity contribution in [3.8, 4) is 16.9 Å². The van der Waals surface area contributed by atoms with Crippen LogP contribution in [-0.4, -0.2) is 39.0 Å². The van der Waals surface area contributed by atoms with Crippen molar-refractivity contribution in [1.82, 2.24) is 14.8 Å². The molecule has 0 bridgehead atoms. The summed E-state index contributed by atoms with van der Waals surface area (Å²) in [6, 6.07) is 15.1. The maximum Gasteiger partial charge on any atom is 0.341 e. The molecule has 11 heteroatoms. The first-order valence-corrected chi connectivity index (χ1v) is 14.1. The Balaban J connectivity index is 1.43. The van der Waals surface area contributed by atoms with Gasteiger partial charge in [0, 0.05) is 18.0 Å². The van der Waals surface area contributed by atoms with Gasteiger partial charge in [0.05, 0.1) is 17.4 Å². The third kappa shape index (κ3) is 6.38. The van der Waals surface area contributed by atoms with Crippen LogP contribution in [-0.2, 0) is 16.6 Å². The predicted molar refractivity (Wildman–Crippen MR) is 151 cm³/mol. The maximum atomic E-state index is 12.9. The normalized spacial score (nSPS) is 11.7. The number of anilines is 1. The van der Waals surface area contributed by atoms with E-state index >= 15 is 0 Å². The average Bonchev–Trinajstić information content (AvgIpc) is 3.49. The number of carbonyl (C=O) groups is 2. The molecule has 1 amide bonds. The molecule has 0 radical (unpaired) electrons. The number of hydrogen-bond acceptors (Lipinski definition) is 8. The van der Waals surface area contributed by atoms with Crippen LogP contribution in [0.3, 0.4) is 0 Å². The van der Waals surface area contributed by atoms with Gasteiger partial charge in [-0.05, 0) is 44.0 Å². The van der Waals surface area contributed by atoms with E-state index in [2.05, 4.69) is 15.5 Å². The summed E-state index contributed by atoms with van der Waals surface area (Å²) in [6.45, 7) is 5.81. The lowest BCUT2D eigenvalue weighted by Gasteiger charge is -2.15. The highest BCUT2D eigenvalue weighted by Crippen LogP contribution is 2.36. The highest BCUT2D eigenvalue weighted by Gasteiger charge is 2.24. The van der Waals surface area contributed by atoms with Crippen molar-refractivity contribution in [2.45, 2.75) is 32.0 Å². The minimum Gasteiger partial charge on any atom is -0.481 e. The summed E-state index contributed by atoms with van der Waals surface area (Å²) in [5.41, 5.74) is 2.97. The Hall–Kier alpha value is -3.34. The number of nitrogens with one attached hydrogen (secondary N) is 1. The van der Waals surface area contributed by atoms with E-state index in [9.17, 15) is 9.59 Å². The number of ether oxygens (including phenoxy) is 2. The average molecular weight is 571 g/mol. The van der Waals surface area contributed by atoms with Crippen molar-refractivity contribution < 1.29 is 19.1 Å². The van der Waals surface area contributed by atoms with Gasteiger partial charge in [0.2, 0.25) is 5.91 Å². The second-order valence-electron chi connectivity index (χ2n) is 8.37. The van der Waals surface area contributed by atoms with Gasteiger partial charge in [-0.3, -0.25) is 4.79 Å². The smallest absolute Gasteiger partial charge is 0.341 e. The maximum absolute atomic E-state index is 12.9. The van der Waals surface area contributed by atoms with Crippen LogP contribution in [0.25, 0.3) is 11.1 Å². The Bertz CT molecular complexity index is 1440. The molecule has 0 saturated carbocycles. The van der Waals surface area contributed by atoms with Gasteiger partial charge < -0.3 is 19.4 Å². The number of benzene rings is 2. The number of aryl methyl sites for hydroxylation is 1. The molecule has 38 heavy (non-hydrogen) atoms. The number of nitrogens with zero attached hydrogens (tertiary/aromatic N) is 3. The molecule has 0 fully saturated rings. The van der Waals surface area contributed by atoms with E-state index in [4.69, 9.17) is 21.1 Å². The summed E-state index contributed by atoms with van der Waals surface area (Å²) in [5, 5.41) is 14.7. The molecule has 198 valence electrons. The molecule has 1 atom stereocenters. The van der Waals surface area contributed by atoms with Crippen LogP contribution in [0, 0.1) is 6.92 Å². The second kappa shape index (κ2) is 12.5. The fourth-order valence-electron chi connectivity index (χ4n) is 3.73. The summed E-state index contributed by atoms with van der Waals surface area (Å²) in [4.78, 5) is 25.6. The quantitative estimate of drug-likeness (QED) is 0.170. The molecule has 4 rings (SSSR count). The fraction of sp³-hybridized carbons (Fsp3) is 0.259. The Kier molecular flexibility index (Phi) is 9.09. The molecule has 2 heterocycles. The molecule has 1 N–H and O–H groups in total. The van der Waals surface area contributed by atoms with E-state index in [1.54, 1.807) is 17.6 Å². The zero-order valence-electron chi connectivity index (χ0n) is 21.4. The minimum absolute atomic E-state index is 0.0752. The number of esters is 1. The SMILES string of the molecule is CCOC(=O)c1c(-c2ccccc2)csc1NC(=O)CSc1nnc(C(C)Oc2cc(C)ccc2Cl)n1C. The van der Waals surface area contributed by atoms with Crippen molar-refractivity contribution in [2.75, 3.05) is 17.7 Å². The van der Waals surface area contributed by atoms with Gasteiger partial charge >= 0.3 is 5.97 Å². The van der Waals surface area contributed by atoms with Crippen molar-refractivity contribution in [3.05, 3.63) is 75.9 Å². The molecule has 1 unspecified atom stereocenters. The van der Waals surface area contributed by atoms with Crippen LogP contribution in [0.15, 0.2) is 59.1 Å². The summed E-state index contributed by atoms with van der Waals surface area (Å²) < 4.78 is 13.1. The van der Waals surface area contributed by atoms with Gasteiger partial charge in [-0.2, -0.15) is 0 Å². The fourth-order valence-corrected chi connectivity index (χ4v) is 5.58. The van der Waals surface area contributed by atoms with Crippen LogP contribution >= 0.6 is 34.7 Å². The van der Waals surface area contributed by atoms with E-state index in [0.29, 0.717) is 32.3 Å². The first-order chi connectivity index (χ1) is 18.3. The highest BCUT2D eigenvalue weighted by molar-refractivity contribution is 7.99. The van der Waals surface area contributed by atoms with E-state index in [1.165, 1.54) is 23.1 Å². The number of amides is 1. The summed E-state index contributed by atoms with van der Waals surface area (Å²) >= 11 is 8.79. The van der Waals surface area contributed by atoms with E-state index in [-0.39, 0.29) is 18.3 Å². The first-order valence-electron chi connectivity index (χ1n) is 11.9. The lowest BCUT2D eigenvalue weighted by atomic mass is 10.0. The monoisotopic (exact) mass is 570 g/mol. The molecule has 0 aliphatic carbocycles. The molecule has 0 saturated heterocycles. The Morgan fingerprint density at radius 3 is 2.68 bits per heavy atom. The molecule has 0 aliphatic rings. The van der Waals surface area contributed by atoms with Crippen molar-refractivity contribution >= 4 is 51.6 Å². The Morgan fingerprint density at radius 1 is 1.18 bits per heavy atom. The van der Waals surface area contributed by atoms with Gasteiger partial charge in [0.15, 0.2) is 17.1 Å². The largest absolute Gasteiger partial charge is 0.481 e. The third-order valence-corrected chi connectivity index (χ3v) is 7.79. The van der Waals surface area contributed by atoms with Gasteiger partial charge in [-0.15, -0.1) is 21.5 Å². The molecular formula is C27H27ClN4O4S2. The van der Waals surface area contributed by atoms with E-state index in [0.717, 1.165) is 16.7 Å². The Labute approximate surface area is 234 Å². The van der Waals surface area contributed by atoms with Crippen LogP contribution in [0.1, 0.15) is 41.7 Å². The number of hydrogen-bond donors (Lipinski definition) is 1. The van der Waals surface area contributed by atoms with Gasteiger partial charge in [-0.25, -0.2) is 4.79 Å². The topological polar surface area (TPSA) is 95.3 Å². The number of carbonyl (C=O) groups excluding carboxylic acids is 2. The summed E-state index contributed by atoms with van der Waals surface area (Å²) in [7, 11) is 1.82. The van der Waals surface area contributed by atoms with Crippen molar-refractivity contribution in [1.29, 1.82) is 0 Å². The van der Waals surface area contributed by atoms with Crippen molar-refractivity contribution in [2.24, 2.45) is 7.05 Å².